The monoisotopic (exact) mass is 482 g/mol. The Labute approximate surface area is 215 Å². The molecule has 4 radical (unpaired) electrons. The summed E-state index contributed by atoms with van der Waals surface area (Å²) >= 11 is 0. The quantitative estimate of drug-likeness (QED) is 0.153. The third-order valence-corrected chi connectivity index (χ3v) is 0. The summed E-state index contributed by atoms with van der Waals surface area (Å²) in [6.45, 7) is 0. The van der Waals surface area contributed by atoms with Gasteiger partial charge in [-0.1, -0.05) is 0 Å². The minimum Gasteiger partial charge on any atom is -0.264 e. The van der Waals surface area contributed by atoms with E-state index < -0.39 is 31.2 Å². The zero-order chi connectivity index (χ0) is 13.5. The fourth-order valence-corrected chi connectivity index (χ4v) is 0. The molecule has 0 rings (SSSR count). The van der Waals surface area contributed by atoms with Gasteiger partial charge in [0, 0.05) is 137 Å². The largest absolute Gasteiger partial charge is 0.394 e. The van der Waals surface area contributed by atoms with Crippen molar-refractivity contribution in [1.29, 1.82) is 0 Å². The van der Waals surface area contributed by atoms with E-state index in [0.717, 1.165) is 0 Å². The molecule has 12 nitrogen and oxygen atoms in total. The maximum Gasteiger partial charge on any atom is 0.394 e. The van der Waals surface area contributed by atoms with E-state index in [1.807, 2.05) is 0 Å². The molecule has 0 aliphatic heterocycles. The van der Waals surface area contributed by atoms with Gasteiger partial charge in [0.1, 0.15) is 0 Å². The van der Waals surface area contributed by atoms with Crippen molar-refractivity contribution in [2.45, 2.75) is 0 Å². The Morgan fingerprint density at radius 3 is 0.421 bits per heavy atom. The summed E-state index contributed by atoms with van der Waals surface area (Å²) < 4.78 is 94.8. The molecule has 0 aliphatic carbocycles. The zero-order valence-corrected chi connectivity index (χ0v) is 20.2. The van der Waals surface area contributed by atoms with E-state index in [4.69, 9.17) is 52.6 Å². The standard InChI is InChI=1S/2K.2Mn.3H2O4S/c;;;;3*1-5(2,3)4/h;;;;3*(H2,1,2,3,4). The molecule has 0 aromatic rings. The van der Waals surface area contributed by atoms with Crippen molar-refractivity contribution < 1.29 is 86.7 Å². The van der Waals surface area contributed by atoms with Crippen LogP contribution in [0.3, 0.4) is 0 Å². The van der Waals surface area contributed by atoms with Crippen LogP contribution in [0.25, 0.3) is 0 Å². The predicted molar refractivity (Wildman–Crippen MR) is 54.0 cm³/mol. The van der Waals surface area contributed by atoms with Crippen molar-refractivity contribution in [3.05, 3.63) is 0 Å². The summed E-state index contributed by atoms with van der Waals surface area (Å²) in [5.41, 5.74) is 0. The van der Waals surface area contributed by atoms with Gasteiger partial charge < -0.3 is 0 Å². The fourth-order valence-electron chi connectivity index (χ4n) is 0. The van der Waals surface area contributed by atoms with Gasteiger partial charge in [-0.25, -0.2) is 0 Å². The second kappa shape index (κ2) is 20.0. The topological polar surface area (TPSA) is 224 Å². The van der Waals surface area contributed by atoms with Crippen LogP contribution in [0.5, 0.6) is 0 Å². The van der Waals surface area contributed by atoms with E-state index >= 15 is 0 Å². The van der Waals surface area contributed by atoms with Gasteiger partial charge in [0.2, 0.25) is 0 Å². The average Bonchev–Trinajstić information content (AvgIpc) is 1.41. The molecule has 0 aromatic heterocycles. The second-order valence-electron chi connectivity index (χ2n) is 1.34. The number of rotatable bonds is 0. The van der Waals surface area contributed by atoms with Crippen molar-refractivity contribution in [3.63, 3.8) is 0 Å². The van der Waals surface area contributed by atoms with Gasteiger partial charge in [-0.15, -0.1) is 0 Å². The minimum absolute atomic E-state index is 0. The van der Waals surface area contributed by atoms with Gasteiger partial charge >= 0.3 is 31.2 Å². The maximum absolute atomic E-state index is 8.74. The summed E-state index contributed by atoms with van der Waals surface area (Å²) in [6, 6.07) is 0. The molecule has 6 N–H and O–H groups in total. The van der Waals surface area contributed by atoms with Crippen molar-refractivity contribution in [3.8, 4) is 0 Å². The number of hydrogen-bond acceptors (Lipinski definition) is 6. The Kier molecular flexibility index (Phi) is 45.7. The molecule has 112 valence electrons. The second-order valence-corrected chi connectivity index (χ2v) is 4.03. The van der Waals surface area contributed by atoms with E-state index in [1.54, 1.807) is 0 Å². The molecule has 19 heteroatoms. The molecule has 0 spiro atoms. The molecule has 0 aliphatic rings. The first kappa shape index (κ1) is 43.5. The molecule has 0 saturated carbocycles. The van der Waals surface area contributed by atoms with Crippen LogP contribution in [0.2, 0.25) is 0 Å². The van der Waals surface area contributed by atoms with Crippen LogP contribution in [0, 0.1) is 0 Å². The zero-order valence-electron chi connectivity index (χ0n) is 9.11. The predicted octanol–water partition coefficient (Wildman–Crippen LogP) is -2.72. The number of hydrogen-bond donors (Lipinski definition) is 6. The van der Waals surface area contributed by atoms with E-state index in [2.05, 4.69) is 0 Å². The van der Waals surface area contributed by atoms with Crippen molar-refractivity contribution >= 4 is 134 Å². The molecular weight excluding hydrogens is 476 g/mol. The van der Waals surface area contributed by atoms with Crippen LogP contribution < -0.4 is 0 Å². The van der Waals surface area contributed by atoms with Crippen molar-refractivity contribution in [1.82, 2.24) is 0 Å². The van der Waals surface area contributed by atoms with Gasteiger partial charge in [0.15, 0.2) is 0 Å². The normalized spacial score (nSPS) is 9.16. The first-order valence-corrected chi connectivity index (χ1v) is 6.29. The van der Waals surface area contributed by atoms with Crippen LogP contribution in [0.1, 0.15) is 0 Å². The molecule has 0 saturated heterocycles. The van der Waals surface area contributed by atoms with Gasteiger partial charge in [-0.3, -0.25) is 27.3 Å². The molecule has 0 unspecified atom stereocenters. The first-order valence-electron chi connectivity index (χ1n) is 2.10. The van der Waals surface area contributed by atoms with Gasteiger partial charge in [-0.05, 0) is 0 Å². The Morgan fingerprint density at radius 2 is 0.421 bits per heavy atom. The fraction of sp³-hybridized carbons (Fsp3) is 0. The first-order chi connectivity index (χ1) is 6.00. The molecule has 19 heavy (non-hydrogen) atoms. The Balaban J connectivity index is -0.0000000206. The summed E-state index contributed by atoms with van der Waals surface area (Å²) in [7, 11) is -14.0. The van der Waals surface area contributed by atoms with E-state index in [1.165, 1.54) is 0 Å². The molecule has 0 bridgehead atoms. The van der Waals surface area contributed by atoms with Gasteiger partial charge in [0.05, 0.1) is 0 Å². The molecule has 0 amide bonds. The molecule has 0 heterocycles. The molecular formula is H6K2Mn2O12S3. The van der Waals surface area contributed by atoms with Crippen LogP contribution >= 0.6 is 0 Å². The summed E-state index contributed by atoms with van der Waals surface area (Å²) in [5, 5.41) is 0. The smallest absolute Gasteiger partial charge is 0.264 e. The average molecular weight is 482 g/mol. The Hall–Kier alpha value is 3.92. The Morgan fingerprint density at radius 1 is 0.421 bits per heavy atom. The molecule has 0 atom stereocenters. The summed E-state index contributed by atoms with van der Waals surface area (Å²) in [6.07, 6.45) is 0. The van der Waals surface area contributed by atoms with Gasteiger partial charge in [-0.2, -0.15) is 25.3 Å². The third kappa shape index (κ3) is 566. The van der Waals surface area contributed by atoms with Gasteiger partial charge in [0.25, 0.3) is 0 Å². The maximum atomic E-state index is 8.74. The van der Waals surface area contributed by atoms with E-state index in [0.29, 0.717) is 0 Å². The van der Waals surface area contributed by atoms with Crippen LogP contribution in [-0.2, 0) is 65.3 Å². The van der Waals surface area contributed by atoms with Crippen LogP contribution in [-0.4, -0.2) is 155 Å². The summed E-state index contributed by atoms with van der Waals surface area (Å²) in [4.78, 5) is 0. The Bertz CT molecular complexity index is 350. The van der Waals surface area contributed by atoms with Crippen LogP contribution in [0.15, 0.2) is 0 Å². The SMILES string of the molecule is O=S(=O)(O)O.O=S(=O)(O)O.O=S(=O)(O)O.[K].[K].[Mn].[Mn]. The molecule has 0 aromatic carbocycles. The van der Waals surface area contributed by atoms with Crippen molar-refractivity contribution in [2.24, 2.45) is 0 Å². The third-order valence-electron chi connectivity index (χ3n) is 0. The molecule has 0 fully saturated rings. The van der Waals surface area contributed by atoms with E-state index in [-0.39, 0.29) is 137 Å². The van der Waals surface area contributed by atoms with Crippen LogP contribution in [0.4, 0.5) is 0 Å². The van der Waals surface area contributed by atoms with E-state index in [9.17, 15) is 0 Å². The van der Waals surface area contributed by atoms with Crippen molar-refractivity contribution in [2.75, 3.05) is 0 Å². The summed E-state index contributed by atoms with van der Waals surface area (Å²) in [5.74, 6) is 0. The minimum atomic E-state index is -4.67.